The first-order chi connectivity index (χ1) is 19.6. The molecule has 0 saturated carbocycles. The van der Waals surface area contributed by atoms with E-state index in [0.29, 0.717) is 6.04 Å². The molecule has 0 aliphatic carbocycles. The first-order valence-electron chi connectivity index (χ1n) is 13.5. The van der Waals surface area contributed by atoms with Gasteiger partial charge in [0.2, 0.25) is 0 Å². The molecule has 11 heteroatoms. The molecular weight excluding hydrogens is 542 g/mol. The largest absolute Gasteiger partial charge is 0.481 e. The summed E-state index contributed by atoms with van der Waals surface area (Å²) >= 11 is 0. The van der Waals surface area contributed by atoms with E-state index in [0.717, 1.165) is 42.9 Å². The number of piperidine rings is 1. The van der Waals surface area contributed by atoms with Crippen LogP contribution in [-0.2, 0) is 27.5 Å². The zero-order valence-electron chi connectivity index (χ0n) is 24.5. The van der Waals surface area contributed by atoms with Crippen LogP contribution in [0.2, 0.25) is 0 Å². The number of carboxylic acids is 3. The smallest absolute Gasteiger partial charge is 0.336 e. The Balaban J connectivity index is 0.000000401. The summed E-state index contributed by atoms with van der Waals surface area (Å²) in [6.07, 6.45) is 7.15. The average Bonchev–Trinajstić information content (AvgIpc) is 2.86. The van der Waals surface area contributed by atoms with Crippen LogP contribution >= 0.6 is 0 Å². The number of terminal acetylenes is 1. The molecule has 5 N–H and O–H groups in total. The van der Waals surface area contributed by atoms with E-state index in [1.165, 1.54) is 0 Å². The molecule has 0 spiro atoms. The summed E-state index contributed by atoms with van der Waals surface area (Å²) in [6, 6.07) is 14.8. The Hall–Kier alpha value is -3.98. The predicted octanol–water partition coefficient (Wildman–Crippen LogP) is 3.16. The molecule has 0 radical (unpaired) electrons. The zero-order chi connectivity index (χ0) is 31.6. The number of aliphatic carboxylic acids is 3. The maximum atomic E-state index is 10.3. The summed E-state index contributed by atoms with van der Waals surface area (Å²) in [5, 5.41) is 37.6. The molecule has 228 valence electrons. The molecule has 1 aromatic carbocycles. The van der Waals surface area contributed by atoms with E-state index in [2.05, 4.69) is 73.1 Å². The van der Waals surface area contributed by atoms with Gasteiger partial charge < -0.3 is 30.5 Å². The molecule has 1 fully saturated rings. The molecule has 1 saturated heterocycles. The highest BCUT2D eigenvalue weighted by molar-refractivity contribution is 5.88. The van der Waals surface area contributed by atoms with Crippen LogP contribution in [-0.4, -0.2) is 77.5 Å². The topological polar surface area (TPSA) is 170 Å². The van der Waals surface area contributed by atoms with Crippen molar-refractivity contribution in [2.24, 2.45) is 0 Å². The molecule has 11 nitrogen and oxygen atoms in total. The molecule has 0 amide bonds. The van der Waals surface area contributed by atoms with Crippen molar-refractivity contribution in [3.63, 3.8) is 0 Å². The summed E-state index contributed by atoms with van der Waals surface area (Å²) in [5.41, 5.74) is -0.336. The van der Waals surface area contributed by atoms with Gasteiger partial charge in [-0.05, 0) is 58.7 Å². The summed E-state index contributed by atoms with van der Waals surface area (Å²) in [7, 11) is 0. The molecule has 0 atom stereocenters. The van der Waals surface area contributed by atoms with Crippen LogP contribution < -0.4 is 10.1 Å². The SMILES string of the molecule is C#CCOc1ccccc1CN(Cc1ccccn1)C1CC(C)(C)NC(C)(C)C1.O=C(O)CC(O)(CC(=O)O)C(=O)O. The van der Waals surface area contributed by atoms with Crippen molar-refractivity contribution >= 4 is 17.9 Å². The number of carbonyl (C=O) groups is 3. The minimum absolute atomic E-state index is 0.0776. The number of carboxylic acid groups (broad SMARTS) is 3. The van der Waals surface area contributed by atoms with Crippen LogP contribution in [0.25, 0.3) is 0 Å². The van der Waals surface area contributed by atoms with Crippen LogP contribution in [0.15, 0.2) is 48.7 Å². The number of aliphatic hydroxyl groups is 1. The number of nitrogens with one attached hydrogen (secondary N) is 1. The monoisotopic (exact) mass is 583 g/mol. The normalized spacial score (nSPS) is 16.0. The fourth-order valence-electron chi connectivity index (χ4n) is 5.37. The first-order valence-corrected chi connectivity index (χ1v) is 13.5. The number of nitrogens with zero attached hydrogens (tertiary/aromatic N) is 2. The zero-order valence-corrected chi connectivity index (χ0v) is 24.5. The van der Waals surface area contributed by atoms with Gasteiger partial charge in [-0.1, -0.05) is 30.2 Å². The van der Waals surface area contributed by atoms with E-state index in [4.69, 9.17) is 31.6 Å². The van der Waals surface area contributed by atoms with Gasteiger partial charge in [-0.3, -0.25) is 19.5 Å². The van der Waals surface area contributed by atoms with E-state index in [9.17, 15) is 14.4 Å². The molecule has 0 bridgehead atoms. The van der Waals surface area contributed by atoms with Gasteiger partial charge in [-0.2, -0.15) is 0 Å². The Labute approximate surface area is 246 Å². The minimum Gasteiger partial charge on any atom is -0.481 e. The number of hydrogen-bond donors (Lipinski definition) is 5. The predicted molar refractivity (Wildman–Crippen MR) is 156 cm³/mol. The van der Waals surface area contributed by atoms with Crippen molar-refractivity contribution in [1.29, 1.82) is 0 Å². The molecular formula is C31H41N3O8. The van der Waals surface area contributed by atoms with Gasteiger partial charge >= 0.3 is 17.9 Å². The van der Waals surface area contributed by atoms with Gasteiger partial charge in [0.1, 0.15) is 12.4 Å². The standard InChI is InChI=1S/C25H33N3O.C6H8O7/c1-6-15-29-23-13-8-7-11-20(23)18-28(19-21-12-9-10-14-26-21)22-16-24(2,3)27-25(4,5)17-22;7-3(8)1-6(13,5(11)12)2-4(9)10/h1,7-14,22,27H,15-19H2,2-5H3;13H,1-2H2,(H,7,8)(H,9,10)(H,11,12). The lowest BCUT2D eigenvalue weighted by Crippen LogP contribution is -2.62. The summed E-state index contributed by atoms with van der Waals surface area (Å²) < 4.78 is 5.82. The highest BCUT2D eigenvalue weighted by Gasteiger charge is 2.41. The lowest BCUT2D eigenvalue weighted by molar-refractivity contribution is -0.170. The van der Waals surface area contributed by atoms with Crippen molar-refractivity contribution in [3.8, 4) is 18.1 Å². The third-order valence-corrected chi connectivity index (χ3v) is 6.72. The highest BCUT2D eigenvalue weighted by Crippen LogP contribution is 2.34. The van der Waals surface area contributed by atoms with Crippen molar-refractivity contribution in [3.05, 3.63) is 59.9 Å². The Morgan fingerprint density at radius 1 is 1.00 bits per heavy atom. The van der Waals surface area contributed by atoms with Gasteiger partial charge in [0.15, 0.2) is 5.60 Å². The second-order valence-electron chi connectivity index (χ2n) is 11.8. The maximum Gasteiger partial charge on any atom is 0.336 e. The number of aromatic nitrogens is 1. The van der Waals surface area contributed by atoms with Gasteiger partial charge in [0.05, 0.1) is 18.5 Å². The molecule has 0 unspecified atom stereocenters. The third kappa shape index (κ3) is 11.1. The molecule has 2 aromatic rings. The van der Waals surface area contributed by atoms with Crippen molar-refractivity contribution in [2.45, 2.75) is 89.2 Å². The Bertz CT molecular complexity index is 1220. The fraction of sp³-hybridized carbons (Fsp3) is 0.484. The van der Waals surface area contributed by atoms with Crippen molar-refractivity contribution < 1.29 is 39.5 Å². The Morgan fingerprint density at radius 3 is 2.07 bits per heavy atom. The van der Waals surface area contributed by atoms with Crippen LogP contribution in [0, 0.1) is 12.3 Å². The molecule has 1 aliphatic rings. The fourth-order valence-corrected chi connectivity index (χ4v) is 5.37. The summed E-state index contributed by atoms with van der Waals surface area (Å²) in [4.78, 5) is 37.6. The quantitative estimate of drug-likeness (QED) is 0.233. The van der Waals surface area contributed by atoms with E-state index < -0.39 is 36.4 Å². The summed E-state index contributed by atoms with van der Waals surface area (Å²) in [5.74, 6) is -1.59. The van der Waals surface area contributed by atoms with Gasteiger partial charge in [0.25, 0.3) is 0 Å². The maximum absolute atomic E-state index is 10.3. The number of rotatable bonds is 12. The van der Waals surface area contributed by atoms with Gasteiger partial charge in [-0.25, -0.2) is 4.79 Å². The first kappa shape index (κ1) is 34.2. The van der Waals surface area contributed by atoms with Crippen LogP contribution in [0.1, 0.15) is 64.6 Å². The number of benzene rings is 1. The van der Waals surface area contributed by atoms with Crippen LogP contribution in [0.5, 0.6) is 5.75 Å². The highest BCUT2D eigenvalue weighted by atomic mass is 16.5. The third-order valence-electron chi connectivity index (χ3n) is 6.72. The second kappa shape index (κ2) is 14.8. The lowest BCUT2D eigenvalue weighted by Gasteiger charge is -2.49. The molecule has 2 heterocycles. The summed E-state index contributed by atoms with van der Waals surface area (Å²) in [6.45, 7) is 11.1. The van der Waals surface area contributed by atoms with E-state index in [1.807, 2.05) is 24.4 Å². The van der Waals surface area contributed by atoms with Crippen LogP contribution in [0.4, 0.5) is 0 Å². The minimum atomic E-state index is -2.74. The molecule has 1 aliphatic heterocycles. The molecule has 1 aromatic heterocycles. The van der Waals surface area contributed by atoms with Gasteiger partial charge in [0, 0.05) is 42.0 Å². The Morgan fingerprint density at radius 2 is 1.57 bits per heavy atom. The number of para-hydroxylation sites is 1. The van der Waals surface area contributed by atoms with E-state index >= 15 is 0 Å². The molecule has 3 rings (SSSR count). The van der Waals surface area contributed by atoms with Gasteiger partial charge in [-0.15, -0.1) is 6.42 Å². The number of ether oxygens (including phenoxy) is 1. The average molecular weight is 584 g/mol. The van der Waals surface area contributed by atoms with E-state index in [-0.39, 0.29) is 17.7 Å². The second-order valence-corrected chi connectivity index (χ2v) is 11.8. The van der Waals surface area contributed by atoms with Crippen molar-refractivity contribution in [1.82, 2.24) is 15.2 Å². The van der Waals surface area contributed by atoms with Crippen molar-refractivity contribution in [2.75, 3.05) is 6.61 Å². The Kier molecular flexibility index (Phi) is 12.0. The van der Waals surface area contributed by atoms with E-state index in [1.54, 1.807) is 0 Å². The molecule has 42 heavy (non-hydrogen) atoms. The lowest BCUT2D eigenvalue weighted by atomic mass is 9.79. The van der Waals surface area contributed by atoms with Crippen LogP contribution in [0.3, 0.4) is 0 Å². The number of hydrogen-bond acceptors (Lipinski definition) is 8. The number of pyridine rings is 1.